The van der Waals surface area contributed by atoms with Gasteiger partial charge in [-0.15, -0.1) is 11.3 Å². The third-order valence-corrected chi connectivity index (χ3v) is 3.46. The van der Waals surface area contributed by atoms with Gasteiger partial charge < -0.3 is 15.1 Å². The van der Waals surface area contributed by atoms with E-state index in [-0.39, 0.29) is 12.5 Å². The van der Waals surface area contributed by atoms with E-state index >= 15 is 0 Å². The van der Waals surface area contributed by atoms with Crippen LogP contribution in [0, 0.1) is 0 Å². The Balaban J connectivity index is 2.96. The molecule has 1 aromatic heterocycles. The maximum atomic E-state index is 12.4. The van der Waals surface area contributed by atoms with Crippen LogP contribution in [0.4, 0.5) is 0 Å². The quantitative estimate of drug-likeness (QED) is 0.788. The fraction of sp³-hybridized carbons (Fsp3) is 0.429. The largest absolute Gasteiger partial charge is 0.478 e. The first-order valence-electron chi connectivity index (χ1n) is 6.24. The van der Waals surface area contributed by atoms with Crippen molar-refractivity contribution in [2.45, 2.75) is 26.4 Å². The van der Waals surface area contributed by atoms with E-state index in [9.17, 15) is 14.7 Å². The van der Waals surface area contributed by atoms with Gasteiger partial charge >= 0.3 is 5.97 Å². The van der Waals surface area contributed by atoms with E-state index in [2.05, 4.69) is 0 Å². The number of likely N-dealkylation sites (N-methyl/N-ethyl adjacent to an activating group) is 1. The van der Waals surface area contributed by atoms with Crippen LogP contribution in [0.3, 0.4) is 0 Å². The Morgan fingerprint density at radius 3 is 2.60 bits per heavy atom. The zero-order valence-corrected chi connectivity index (χ0v) is 12.6. The van der Waals surface area contributed by atoms with Crippen LogP contribution in [0.25, 0.3) is 6.08 Å². The van der Waals surface area contributed by atoms with Crippen LogP contribution in [-0.2, 0) is 4.79 Å². The van der Waals surface area contributed by atoms with Gasteiger partial charge in [0.25, 0.3) is 5.91 Å². The van der Waals surface area contributed by atoms with Crippen molar-refractivity contribution in [3.05, 3.63) is 28.0 Å². The van der Waals surface area contributed by atoms with Crippen LogP contribution in [-0.4, -0.2) is 45.7 Å². The molecule has 0 fully saturated rings. The molecule has 1 rings (SSSR count). The molecule has 0 aromatic carbocycles. The molecule has 0 spiro atoms. The van der Waals surface area contributed by atoms with Gasteiger partial charge in [-0.25, -0.2) is 4.79 Å². The second-order valence-electron chi connectivity index (χ2n) is 5.01. The van der Waals surface area contributed by atoms with Gasteiger partial charge in [-0.05, 0) is 43.9 Å². The van der Waals surface area contributed by atoms with Crippen LogP contribution in [0.1, 0.15) is 36.0 Å². The first-order valence-corrected chi connectivity index (χ1v) is 7.12. The number of carboxylic acid groups (broad SMARTS) is 1. The molecule has 5 nitrogen and oxygen atoms in total. The lowest BCUT2D eigenvalue weighted by atomic mass is 10.1. The van der Waals surface area contributed by atoms with Crippen molar-refractivity contribution in [3.63, 3.8) is 0 Å². The molecule has 0 aliphatic carbocycles. The summed E-state index contributed by atoms with van der Waals surface area (Å²) in [5.41, 5.74) is -0.392. The van der Waals surface area contributed by atoms with Crippen molar-refractivity contribution in [1.29, 1.82) is 0 Å². The Kier molecular flexibility index (Phi) is 5.47. The van der Waals surface area contributed by atoms with Gasteiger partial charge in [0.2, 0.25) is 0 Å². The van der Waals surface area contributed by atoms with Gasteiger partial charge in [0.05, 0.1) is 10.5 Å². The molecule has 0 bridgehead atoms. The van der Waals surface area contributed by atoms with Crippen molar-refractivity contribution < 1.29 is 19.8 Å². The normalized spacial score (nSPS) is 11.8. The molecule has 20 heavy (non-hydrogen) atoms. The number of rotatable bonds is 6. The van der Waals surface area contributed by atoms with E-state index in [1.54, 1.807) is 30.2 Å². The fourth-order valence-electron chi connectivity index (χ4n) is 1.72. The highest BCUT2D eigenvalue weighted by atomic mass is 32.1. The zero-order chi connectivity index (χ0) is 15.3. The number of nitrogens with zero attached hydrogens (tertiary/aromatic N) is 1. The third-order valence-electron chi connectivity index (χ3n) is 2.54. The van der Waals surface area contributed by atoms with E-state index < -0.39 is 11.6 Å². The molecule has 0 unspecified atom stereocenters. The van der Waals surface area contributed by atoms with Crippen LogP contribution in [0.15, 0.2) is 17.5 Å². The summed E-state index contributed by atoms with van der Waals surface area (Å²) in [6.45, 7) is 5.82. The summed E-state index contributed by atoms with van der Waals surface area (Å²) >= 11 is 1.26. The summed E-state index contributed by atoms with van der Waals surface area (Å²) in [5.74, 6) is -1.26. The number of hydrogen-bond acceptors (Lipinski definition) is 4. The van der Waals surface area contributed by atoms with Crippen molar-refractivity contribution in [2.24, 2.45) is 0 Å². The molecule has 0 aliphatic heterocycles. The fourth-order valence-corrected chi connectivity index (χ4v) is 2.58. The van der Waals surface area contributed by atoms with Crippen molar-refractivity contribution in [3.8, 4) is 0 Å². The van der Waals surface area contributed by atoms with E-state index in [0.29, 0.717) is 17.0 Å². The number of thiophene rings is 1. The van der Waals surface area contributed by atoms with E-state index in [1.165, 1.54) is 17.4 Å². The van der Waals surface area contributed by atoms with Crippen molar-refractivity contribution >= 4 is 29.3 Å². The van der Waals surface area contributed by atoms with Gasteiger partial charge in [0.1, 0.15) is 0 Å². The van der Waals surface area contributed by atoms with Gasteiger partial charge in [0, 0.05) is 19.2 Å². The van der Waals surface area contributed by atoms with Crippen molar-refractivity contribution in [2.75, 3.05) is 13.1 Å². The van der Waals surface area contributed by atoms with Crippen LogP contribution in [0.2, 0.25) is 0 Å². The standard InChI is InChI=1S/C14H19NO4S/c1-4-15(9-14(2,3)19)13(18)12-10(7-8-20-12)5-6-11(16)17/h5-8,19H,4,9H2,1-3H3,(H,16,17). The number of carbonyl (C=O) groups is 2. The summed E-state index contributed by atoms with van der Waals surface area (Å²) in [4.78, 5) is 25.0. The van der Waals surface area contributed by atoms with Gasteiger partial charge in [-0.1, -0.05) is 0 Å². The second kappa shape index (κ2) is 6.67. The average Bonchev–Trinajstić information content (AvgIpc) is 2.79. The molecule has 1 heterocycles. The summed E-state index contributed by atoms with van der Waals surface area (Å²) in [6, 6.07) is 1.70. The predicted molar refractivity (Wildman–Crippen MR) is 78.9 cm³/mol. The Labute approximate surface area is 122 Å². The van der Waals surface area contributed by atoms with E-state index in [1.807, 2.05) is 6.92 Å². The topological polar surface area (TPSA) is 77.8 Å². The molecule has 6 heteroatoms. The third kappa shape index (κ3) is 4.79. The molecule has 2 N–H and O–H groups in total. The Hall–Kier alpha value is -1.66. The summed E-state index contributed by atoms with van der Waals surface area (Å²) < 4.78 is 0. The number of carbonyl (C=O) groups excluding carboxylic acids is 1. The lowest BCUT2D eigenvalue weighted by molar-refractivity contribution is -0.131. The summed E-state index contributed by atoms with van der Waals surface area (Å²) in [7, 11) is 0. The number of hydrogen-bond donors (Lipinski definition) is 2. The van der Waals surface area contributed by atoms with Crippen LogP contribution >= 0.6 is 11.3 Å². The lowest BCUT2D eigenvalue weighted by Gasteiger charge is -2.28. The van der Waals surface area contributed by atoms with Crippen molar-refractivity contribution in [1.82, 2.24) is 4.90 Å². The summed E-state index contributed by atoms with van der Waals surface area (Å²) in [6.07, 6.45) is 2.41. The molecule has 0 atom stereocenters. The first-order chi connectivity index (χ1) is 9.24. The van der Waals surface area contributed by atoms with E-state index in [4.69, 9.17) is 5.11 Å². The Morgan fingerprint density at radius 2 is 2.10 bits per heavy atom. The lowest BCUT2D eigenvalue weighted by Crippen LogP contribution is -2.42. The van der Waals surface area contributed by atoms with Crippen LogP contribution < -0.4 is 0 Å². The minimum absolute atomic E-state index is 0.199. The van der Waals surface area contributed by atoms with Gasteiger partial charge in [-0.2, -0.15) is 0 Å². The first kappa shape index (κ1) is 16.4. The highest BCUT2D eigenvalue weighted by Gasteiger charge is 2.24. The molecule has 1 amide bonds. The minimum Gasteiger partial charge on any atom is -0.478 e. The molecule has 110 valence electrons. The molecule has 0 radical (unpaired) electrons. The summed E-state index contributed by atoms with van der Waals surface area (Å²) in [5, 5.41) is 20.2. The molecule has 1 aromatic rings. The molecular weight excluding hydrogens is 278 g/mol. The SMILES string of the molecule is CCN(CC(C)(C)O)C(=O)c1sccc1C=CC(=O)O. The Morgan fingerprint density at radius 1 is 1.45 bits per heavy atom. The second-order valence-corrected chi connectivity index (χ2v) is 5.92. The molecular formula is C14H19NO4S. The smallest absolute Gasteiger partial charge is 0.328 e. The Bertz CT molecular complexity index is 513. The monoisotopic (exact) mass is 297 g/mol. The van der Waals surface area contributed by atoms with E-state index in [0.717, 1.165) is 6.08 Å². The number of carboxylic acids is 1. The van der Waals surface area contributed by atoms with Gasteiger partial charge in [-0.3, -0.25) is 4.79 Å². The molecule has 0 saturated heterocycles. The van der Waals surface area contributed by atoms with Gasteiger partial charge in [0.15, 0.2) is 0 Å². The highest BCUT2D eigenvalue weighted by Crippen LogP contribution is 2.21. The maximum Gasteiger partial charge on any atom is 0.328 e. The molecule has 0 aliphatic rings. The predicted octanol–water partition coefficient (Wildman–Crippen LogP) is 2.08. The average molecular weight is 297 g/mol. The number of aliphatic carboxylic acids is 1. The molecule has 0 saturated carbocycles. The number of amides is 1. The highest BCUT2D eigenvalue weighted by molar-refractivity contribution is 7.12. The number of aliphatic hydroxyl groups is 1. The van der Waals surface area contributed by atoms with Crippen LogP contribution in [0.5, 0.6) is 0 Å². The minimum atomic E-state index is -1.06. The maximum absolute atomic E-state index is 12.4. The zero-order valence-electron chi connectivity index (χ0n) is 11.8.